The number of benzene rings is 1. The lowest BCUT2D eigenvalue weighted by Gasteiger charge is -2.05. The minimum Gasteiger partial charge on any atom is -0.382 e. The minimum absolute atomic E-state index is 0.323. The lowest BCUT2D eigenvalue weighted by Crippen LogP contribution is -2.03. The van der Waals surface area contributed by atoms with Crippen molar-refractivity contribution >= 4 is 27.6 Å². The van der Waals surface area contributed by atoms with Crippen molar-refractivity contribution in [1.82, 2.24) is 9.78 Å². The summed E-state index contributed by atoms with van der Waals surface area (Å²) in [5.74, 6) is 0.796. The largest absolute Gasteiger partial charge is 0.382 e. The molecule has 1 aromatic heterocycles. The Morgan fingerprint density at radius 1 is 1.47 bits per heavy atom. The minimum atomic E-state index is 0.323. The normalized spacial score (nSPS) is 9.94. The zero-order chi connectivity index (χ0) is 12.4. The lowest BCUT2D eigenvalue weighted by atomic mass is 10.3. The van der Waals surface area contributed by atoms with Gasteiger partial charge in [-0.3, -0.25) is 0 Å². The fourth-order valence-corrected chi connectivity index (χ4v) is 1.98. The first-order valence-electron chi connectivity index (χ1n) is 4.90. The Bertz CT molecular complexity index is 596. The highest BCUT2D eigenvalue weighted by molar-refractivity contribution is 9.10. The van der Waals surface area contributed by atoms with Gasteiger partial charge in [0.2, 0.25) is 0 Å². The molecule has 0 amide bonds. The molecule has 0 fully saturated rings. The van der Waals surface area contributed by atoms with Gasteiger partial charge in [-0.1, -0.05) is 12.1 Å². The van der Waals surface area contributed by atoms with Crippen LogP contribution in [0.25, 0.3) is 5.69 Å². The van der Waals surface area contributed by atoms with E-state index in [4.69, 9.17) is 11.0 Å². The highest BCUT2D eigenvalue weighted by Gasteiger charge is 2.16. The molecule has 1 heterocycles. The summed E-state index contributed by atoms with van der Waals surface area (Å²) in [7, 11) is 1.70. The smallest absolute Gasteiger partial charge is 0.168 e. The van der Waals surface area contributed by atoms with Crippen molar-refractivity contribution < 1.29 is 0 Å². The zero-order valence-corrected chi connectivity index (χ0v) is 10.7. The fourth-order valence-electron chi connectivity index (χ4n) is 1.52. The van der Waals surface area contributed by atoms with Gasteiger partial charge in [-0.2, -0.15) is 5.26 Å². The van der Waals surface area contributed by atoms with Crippen LogP contribution >= 0.6 is 15.9 Å². The summed E-state index contributed by atoms with van der Waals surface area (Å²) >= 11 is 3.43. The molecule has 86 valence electrons. The number of aromatic nitrogens is 2. The molecule has 0 aliphatic heterocycles. The van der Waals surface area contributed by atoms with Gasteiger partial charge in [-0.05, 0) is 28.1 Å². The summed E-state index contributed by atoms with van der Waals surface area (Å²) in [4.78, 5) is 0. The maximum absolute atomic E-state index is 9.02. The highest BCUT2D eigenvalue weighted by atomic mass is 79.9. The van der Waals surface area contributed by atoms with Crippen LogP contribution in [0.15, 0.2) is 28.7 Å². The predicted molar refractivity (Wildman–Crippen MR) is 69.9 cm³/mol. The van der Waals surface area contributed by atoms with Crippen molar-refractivity contribution in [2.24, 2.45) is 0 Å². The van der Waals surface area contributed by atoms with Crippen LogP contribution < -0.4 is 11.1 Å². The summed E-state index contributed by atoms with van der Waals surface area (Å²) in [5.41, 5.74) is 7.05. The standard InChI is InChI=1S/C11H10BrN5/c1-15-11-7(6-13)10(14)17(16-11)9-5-3-2-4-8(9)12/h2-5H,14H2,1H3,(H,15,16). The van der Waals surface area contributed by atoms with Crippen molar-refractivity contribution in [3.63, 3.8) is 0 Å². The molecule has 0 atom stereocenters. The predicted octanol–water partition coefficient (Wildman–Crippen LogP) is 2.13. The Hall–Kier alpha value is -2.00. The van der Waals surface area contributed by atoms with Gasteiger partial charge >= 0.3 is 0 Å². The first kappa shape index (κ1) is 11.5. The second-order valence-electron chi connectivity index (χ2n) is 3.33. The van der Waals surface area contributed by atoms with Crippen LogP contribution in [-0.2, 0) is 0 Å². The number of nitriles is 1. The highest BCUT2D eigenvalue weighted by Crippen LogP contribution is 2.27. The molecule has 17 heavy (non-hydrogen) atoms. The summed E-state index contributed by atoms with van der Waals surface area (Å²) in [5, 5.41) is 16.1. The van der Waals surface area contributed by atoms with Gasteiger partial charge in [-0.25, -0.2) is 4.68 Å². The Balaban J connectivity index is 2.66. The quantitative estimate of drug-likeness (QED) is 0.888. The van der Waals surface area contributed by atoms with Crippen LogP contribution in [0.2, 0.25) is 0 Å². The average molecular weight is 292 g/mol. The Labute approximate surface area is 107 Å². The van der Waals surface area contributed by atoms with Crippen LogP contribution in [0, 0.1) is 11.3 Å². The van der Waals surface area contributed by atoms with E-state index in [2.05, 4.69) is 26.3 Å². The van der Waals surface area contributed by atoms with Crippen molar-refractivity contribution in [3.05, 3.63) is 34.3 Å². The zero-order valence-electron chi connectivity index (χ0n) is 9.11. The fraction of sp³-hybridized carbons (Fsp3) is 0.0909. The number of nitrogens with zero attached hydrogens (tertiary/aromatic N) is 3. The van der Waals surface area contributed by atoms with Gasteiger partial charge in [0.1, 0.15) is 17.5 Å². The first-order valence-corrected chi connectivity index (χ1v) is 5.69. The molecule has 5 nitrogen and oxygen atoms in total. The van der Waals surface area contributed by atoms with E-state index in [1.807, 2.05) is 30.3 Å². The summed E-state index contributed by atoms with van der Waals surface area (Å²) in [6.45, 7) is 0. The molecule has 0 spiro atoms. The maximum atomic E-state index is 9.02. The van der Waals surface area contributed by atoms with E-state index in [0.29, 0.717) is 17.2 Å². The van der Waals surface area contributed by atoms with E-state index >= 15 is 0 Å². The van der Waals surface area contributed by atoms with E-state index in [0.717, 1.165) is 10.2 Å². The molecule has 2 aromatic rings. The Morgan fingerprint density at radius 3 is 2.71 bits per heavy atom. The van der Waals surface area contributed by atoms with Crippen LogP contribution in [-0.4, -0.2) is 16.8 Å². The van der Waals surface area contributed by atoms with E-state index in [9.17, 15) is 0 Å². The maximum Gasteiger partial charge on any atom is 0.168 e. The number of halogens is 1. The number of para-hydroxylation sites is 1. The second kappa shape index (κ2) is 4.47. The average Bonchev–Trinajstić information content (AvgIpc) is 2.66. The van der Waals surface area contributed by atoms with Gasteiger partial charge in [-0.15, -0.1) is 5.10 Å². The summed E-state index contributed by atoms with van der Waals surface area (Å²) < 4.78 is 2.40. The van der Waals surface area contributed by atoms with Gasteiger partial charge in [0.05, 0.1) is 5.69 Å². The number of anilines is 2. The number of nitrogens with one attached hydrogen (secondary N) is 1. The molecule has 6 heteroatoms. The third-order valence-corrected chi connectivity index (χ3v) is 3.02. The molecule has 0 radical (unpaired) electrons. The van der Waals surface area contributed by atoms with Crippen molar-refractivity contribution in [3.8, 4) is 11.8 Å². The summed E-state index contributed by atoms with van der Waals surface area (Å²) in [6.07, 6.45) is 0. The number of nitrogens with two attached hydrogens (primary N) is 1. The van der Waals surface area contributed by atoms with Crippen molar-refractivity contribution in [1.29, 1.82) is 5.26 Å². The Morgan fingerprint density at radius 2 is 2.18 bits per heavy atom. The molecule has 1 aromatic carbocycles. The molecule has 0 aliphatic rings. The first-order chi connectivity index (χ1) is 8.19. The van der Waals surface area contributed by atoms with Crippen LogP contribution in [0.4, 0.5) is 11.6 Å². The topological polar surface area (TPSA) is 79.7 Å². The number of nitrogen functional groups attached to an aromatic ring is 1. The van der Waals surface area contributed by atoms with Crippen LogP contribution in [0.1, 0.15) is 5.56 Å². The summed E-state index contributed by atoms with van der Waals surface area (Å²) in [6, 6.07) is 9.58. The molecule has 0 bridgehead atoms. The molecular formula is C11H10BrN5. The molecular weight excluding hydrogens is 282 g/mol. The van der Waals surface area contributed by atoms with Crippen molar-refractivity contribution in [2.45, 2.75) is 0 Å². The van der Waals surface area contributed by atoms with E-state index in [1.54, 1.807) is 7.05 Å². The van der Waals surface area contributed by atoms with E-state index < -0.39 is 0 Å². The number of hydrogen-bond acceptors (Lipinski definition) is 4. The molecule has 2 rings (SSSR count). The monoisotopic (exact) mass is 291 g/mol. The van der Waals surface area contributed by atoms with Crippen molar-refractivity contribution in [2.75, 3.05) is 18.1 Å². The lowest BCUT2D eigenvalue weighted by molar-refractivity contribution is 0.889. The van der Waals surface area contributed by atoms with E-state index in [-0.39, 0.29) is 0 Å². The van der Waals surface area contributed by atoms with E-state index in [1.165, 1.54) is 4.68 Å². The second-order valence-corrected chi connectivity index (χ2v) is 4.19. The molecule has 0 aliphatic carbocycles. The molecule has 3 N–H and O–H groups in total. The number of rotatable bonds is 2. The number of hydrogen-bond donors (Lipinski definition) is 2. The van der Waals surface area contributed by atoms with Gasteiger partial charge < -0.3 is 11.1 Å². The third-order valence-electron chi connectivity index (χ3n) is 2.35. The molecule has 0 unspecified atom stereocenters. The van der Waals surface area contributed by atoms with Gasteiger partial charge in [0.15, 0.2) is 5.82 Å². The van der Waals surface area contributed by atoms with Gasteiger partial charge in [0.25, 0.3) is 0 Å². The molecule has 0 saturated carbocycles. The Kier molecular flexibility index (Phi) is 3.02. The van der Waals surface area contributed by atoms with Gasteiger partial charge in [0, 0.05) is 11.5 Å². The third kappa shape index (κ3) is 1.85. The van der Waals surface area contributed by atoms with Crippen LogP contribution in [0.5, 0.6) is 0 Å². The van der Waals surface area contributed by atoms with Crippen LogP contribution in [0.3, 0.4) is 0 Å². The SMILES string of the molecule is CNc1nn(-c2ccccc2Br)c(N)c1C#N. The molecule has 0 saturated heterocycles.